The third kappa shape index (κ3) is 3.49. The molecule has 6 heteroatoms. The van der Waals surface area contributed by atoms with Gasteiger partial charge in [-0.3, -0.25) is 20.2 Å². The second-order valence-corrected chi connectivity index (χ2v) is 4.10. The third-order valence-electron chi connectivity index (χ3n) is 2.33. The first-order chi connectivity index (χ1) is 9.16. The van der Waals surface area contributed by atoms with Crippen molar-refractivity contribution in [3.8, 4) is 0 Å². The van der Waals surface area contributed by atoms with E-state index in [0.29, 0.717) is 0 Å². The van der Waals surface area contributed by atoms with Crippen LogP contribution in [0.5, 0.6) is 0 Å². The van der Waals surface area contributed by atoms with Crippen molar-refractivity contribution in [2.24, 2.45) is 0 Å². The molecule has 0 spiro atoms. The van der Waals surface area contributed by atoms with Crippen LogP contribution in [0.1, 0.15) is 0 Å². The third-order valence-corrected chi connectivity index (χ3v) is 2.53. The van der Waals surface area contributed by atoms with Crippen LogP contribution >= 0.6 is 12.2 Å². The summed E-state index contributed by atoms with van der Waals surface area (Å²) in [5.74, 6) is -1.00. The van der Waals surface area contributed by atoms with E-state index in [1.807, 2.05) is 30.3 Å². The summed E-state index contributed by atoms with van der Waals surface area (Å²) in [6, 6.07) is 9.51. The Kier molecular flexibility index (Phi) is 4.04. The fraction of sp³-hybridized carbons (Fsp3) is 0. The Hall–Kier alpha value is -2.47. The molecule has 0 atom stereocenters. The number of para-hydroxylation sites is 1. The standard InChI is InChI=1S/C13H11N3O2S/c17-11-10(12(18)16-13(19)15-11)7-4-8-14-9-5-2-1-3-6-9/h1-8,14H,(H2,15,16,17,18,19)/b8-4+. The molecule has 0 aliphatic carbocycles. The van der Waals surface area contributed by atoms with Gasteiger partial charge in [-0.2, -0.15) is 0 Å². The van der Waals surface area contributed by atoms with Gasteiger partial charge in [-0.05, 0) is 36.5 Å². The van der Waals surface area contributed by atoms with Crippen molar-refractivity contribution in [2.75, 3.05) is 5.32 Å². The van der Waals surface area contributed by atoms with Gasteiger partial charge in [0, 0.05) is 11.9 Å². The maximum Gasteiger partial charge on any atom is 0.263 e. The highest BCUT2D eigenvalue weighted by Gasteiger charge is 2.24. The summed E-state index contributed by atoms with van der Waals surface area (Å²) in [6.45, 7) is 0. The van der Waals surface area contributed by atoms with Gasteiger partial charge in [0.05, 0.1) is 0 Å². The maximum absolute atomic E-state index is 11.5. The number of amides is 2. The zero-order valence-electron chi connectivity index (χ0n) is 9.84. The first-order valence-corrected chi connectivity index (χ1v) is 5.93. The molecule has 3 N–H and O–H groups in total. The normalized spacial score (nSPS) is 15.2. The fourth-order valence-corrected chi connectivity index (χ4v) is 1.64. The van der Waals surface area contributed by atoms with Crippen LogP contribution in [-0.4, -0.2) is 16.9 Å². The van der Waals surface area contributed by atoms with Crippen LogP contribution in [0.4, 0.5) is 5.69 Å². The first-order valence-electron chi connectivity index (χ1n) is 5.52. The SMILES string of the molecule is O=C1NC(=S)NC(=O)C1=C/C=C/Nc1ccccc1. The van der Waals surface area contributed by atoms with Crippen LogP contribution < -0.4 is 16.0 Å². The van der Waals surface area contributed by atoms with E-state index in [9.17, 15) is 9.59 Å². The van der Waals surface area contributed by atoms with Crippen molar-refractivity contribution in [3.63, 3.8) is 0 Å². The molecule has 0 aromatic heterocycles. The van der Waals surface area contributed by atoms with Crippen molar-refractivity contribution in [1.29, 1.82) is 0 Å². The molecule has 1 fully saturated rings. The number of hydrogen-bond acceptors (Lipinski definition) is 4. The van der Waals surface area contributed by atoms with E-state index in [2.05, 4.69) is 16.0 Å². The van der Waals surface area contributed by atoms with Gasteiger partial charge in [0.25, 0.3) is 11.8 Å². The average molecular weight is 273 g/mol. The molecule has 1 saturated heterocycles. The number of carbonyl (C=O) groups excluding carboxylic acids is 2. The van der Waals surface area contributed by atoms with E-state index in [1.54, 1.807) is 12.3 Å². The molecule has 2 amide bonds. The van der Waals surface area contributed by atoms with E-state index in [0.717, 1.165) is 5.69 Å². The van der Waals surface area contributed by atoms with E-state index in [-0.39, 0.29) is 10.7 Å². The van der Waals surface area contributed by atoms with Crippen LogP contribution in [0.3, 0.4) is 0 Å². The number of anilines is 1. The van der Waals surface area contributed by atoms with Gasteiger partial charge in [-0.1, -0.05) is 18.2 Å². The lowest BCUT2D eigenvalue weighted by molar-refractivity contribution is -0.123. The van der Waals surface area contributed by atoms with Crippen molar-refractivity contribution in [3.05, 3.63) is 54.3 Å². The molecular weight excluding hydrogens is 262 g/mol. The molecule has 1 aliphatic rings. The maximum atomic E-state index is 11.5. The summed E-state index contributed by atoms with van der Waals surface area (Å²) in [7, 11) is 0. The minimum atomic E-state index is -0.502. The second-order valence-electron chi connectivity index (χ2n) is 3.69. The lowest BCUT2D eigenvalue weighted by atomic mass is 10.2. The van der Waals surface area contributed by atoms with Crippen LogP contribution in [0, 0.1) is 0 Å². The van der Waals surface area contributed by atoms with Crippen molar-refractivity contribution in [2.45, 2.75) is 0 Å². The molecule has 0 saturated carbocycles. The molecule has 1 aromatic carbocycles. The zero-order chi connectivity index (χ0) is 13.7. The Labute approximate surface area is 115 Å². The van der Waals surface area contributed by atoms with Crippen LogP contribution in [0.25, 0.3) is 0 Å². The summed E-state index contributed by atoms with van der Waals surface area (Å²) < 4.78 is 0. The van der Waals surface area contributed by atoms with Gasteiger partial charge >= 0.3 is 0 Å². The topological polar surface area (TPSA) is 70.2 Å². The predicted molar refractivity (Wildman–Crippen MR) is 76.2 cm³/mol. The molecule has 0 bridgehead atoms. The summed E-state index contributed by atoms with van der Waals surface area (Å²) in [4.78, 5) is 23.0. The molecule has 2 rings (SSSR count). The predicted octanol–water partition coefficient (Wildman–Crippen LogP) is 1.07. The van der Waals surface area contributed by atoms with E-state index in [4.69, 9.17) is 12.2 Å². The molecule has 0 radical (unpaired) electrons. The zero-order valence-corrected chi connectivity index (χ0v) is 10.7. The number of rotatable bonds is 3. The monoisotopic (exact) mass is 273 g/mol. The Morgan fingerprint density at radius 1 is 1.05 bits per heavy atom. The van der Waals surface area contributed by atoms with Crippen LogP contribution in [0.15, 0.2) is 54.3 Å². The van der Waals surface area contributed by atoms with Gasteiger partial charge in [0.2, 0.25) is 0 Å². The van der Waals surface area contributed by atoms with Gasteiger partial charge < -0.3 is 5.32 Å². The number of carbonyl (C=O) groups is 2. The van der Waals surface area contributed by atoms with Gasteiger partial charge in [-0.15, -0.1) is 0 Å². The fourth-order valence-electron chi connectivity index (χ4n) is 1.45. The van der Waals surface area contributed by atoms with Crippen LogP contribution in [-0.2, 0) is 9.59 Å². The largest absolute Gasteiger partial charge is 0.362 e. The minimum Gasteiger partial charge on any atom is -0.362 e. The quantitative estimate of drug-likeness (QED) is 0.438. The molecule has 0 unspecified atom stereocenters. The first kappa shape index (κ1) is 13.0. The summed E-state index contributed by atoms with van der Waals surface area (Å²) >= 11 is 4.69. The smallest absolute Gasteiger partial charge is 0.263 e. The number of allylic oxidation sites excluding steroid dienone is 2. The highest BCUT2D eigenvalue weighted by Crippen LogP contribution is 2.05. The molecule has 19 heavy (non-hydrogen) atoms. The molecule has 96 valence electrons. The van der Waals surface area contributed by atoms with Gasteiger partial charge in [0.1, 0.15) is 5.57 Å². The number of thiocarbonyl (C=S) groups is 1. The Bertz CT molecular complexity index is 557. The Morgan fingerprint density at radius 3 is 2.32 bits per heavy atom. The van der Waals surface area contributed by atoms with E-state index in [1.165, 1.54) is 6.08 Å². The number of hydrogen-bond donors (Lipinski definition) is 3. The van der Waals surface area contributed by atoms with Gasteiger partial charge in [-0.25, -0.2) is 0 Å². The molecular formula is C13H11N3O2S. The highest BCUT2D eigenvalue weighted by molar-refractivity contribution is 7.80. The van der Waals surface area contributed by atoms with E-state index >= 15 is 0 Å². The average Bonchev–Trinajstić information content (AvgIpc) is 2.38. The van der Waals surface area contributed by atoms with Gasteiger partial charge in [0.15, 0.2) is 5.11 Å². The molecule has 1 heterocycles. The minimum absolute atomic E-state index is 0.0136. The van der Waals surface area contributed by atoms with Crippen molar-refractivity contribution in [1.82, 2.24) is 10.6 Å². The Morgan fingerprint density at radius 2 is 1.68 bits per heavy atom. The van der Waals surface area contributed by atoms with Crippen molar-refractivity contribution < 1.29 is 9.59 Å². The lowest BCUT2D eigenvalue weighted by Gasteiger charge is -2.15. The molecule has 5 nitrogen and oxygen atoms in total. The summed E-state index contributed by atoms with van der Waals surface area (Å²) in [5.41, 5.74) is 0.926. The Balaban J connectivity index is 2.00. The lowest BCUT2D eigenvalue weighted by Crippen LogP contribution is -2.51. The van der Waals surface area contributed by atoms with Crippen LogP contribution in [0.2, 0.25) is 0 Å². The second kappa shape index (κ2) is 5.92. The number of benzene rings is 1. The number of nitrogens with one attached hydrogen (secondary N) is 3. The van der Waals surface area contributed by atoms with E-state index < -0.39 is 11.8 Å². The summed E-state index contributed by atoms with van der Waals surface area (Å²) in [5, 5.41) is 7.75. The van der Waals surface area contributed by atoms with Crippen molar-refractivity contribution >= 4 is 34.8 Å². The highest BCUT2D eigenvalue weighted by atomic mass is 32.1. The molecule has 1 aromatic rings. The molecule has 1 aliphatic heterocycles. The summed E-state index contributed by atoms with van der Waals surface area (Å²) in [6.07, 6.45) is 4.63.